The van der Waals surface area contributed by atoms with E-state index in [1.165, 1.54) is 6.08 Å². The van der Waals surface area contributed by atoms with E-state index in [9.17, 15) is 10.1 Å². The van der Waals surface area contributed by atoms with Gasteiger partial charge >= 0.3 is 0 Å². The first kappa shape index (κ1) is 20.1. The van der Waals surface area contributed by atoms with Gasteiger partial charge < -0.3 is 14.8 Å². The quantitative estimate of drug-likeness (QED) is 0.598. The summed E-state index contributed by atoms with van der Waals surface area (Å²) in [5.74, 6) is 0.726. The SMILES string of the molecule is COc1ccc(/C=C(\C#N)C(=O)Nc2ccc(C)c(C)c2)c(OC(C)C)c1. The molecule has 0 saturated heterocycles. The predicted octanol–water partition coefficient (Wildman–Crippen LogP) is 4.64. The van der Waals surface area contributed by atoms with E-state index in [1.54, 1.807) is 25.3 Å². The summed E-state index contributed by atoms with van der Waals surface area (Å²) in [5, 5.41) is 12.2. The summed E-state index contributed by atoms with van der Waals surface area (Å²) >= 11 is 0. The van der Waals surface area contributed by atoms with Gasteiger partial charge in [-0.15, -0.1) is 0 Å². The molecule has 2 aromatic rings. The topological polar surface area (TPSA) is 71.3 Å². The van der Waals surface area contributed by atoms with E-state index >= 15 is 0 Å². The molecule has 0 aromatic heterocycles. The smallest absolute Gasteiger partial charge is 0.266 e. The highest BCUT2D eigenvalue weighted by Gasteiger charge is 2.13. The Hall–Kier alpha value is -3.26. The Morgan fingerprint density at radius 1 is 1.15 bits per heavy atom. The van der Waals surface area contributed by atoms with Gasteiger partial charge in [-0.05, 0) is 69.2 Å². The van der Waals surface area contributed by atoms with E-state index in [1.807, 2.05) is 52.0 Å². The number of hydrogen-bond donors (Lipinski definition) is 1. The molecule has 0 bridgehead atoms. The Morgan fingerprint density at radius 2 is 1.89 bits per heavy atom. The minimum atomic E-state index is -0.466. The molecular weight excluding hydrogens is 340 g/mol. The van der Waals surface area contributed by atoms with Gasteiger partial charge in [0, 0.05) is 17.3 Å². The van der Waals surface area contributed by atoms with Crippen LogP contribution in [0.4, 0.5) is 5.69 Å². The van der Waals surface area contributed by atoms with Gasteiger partial charge in [0.15, 0.2) is 0 Å². The van der Waals surface area contributed by atoms with E-state index in [0.717, 1.165) is 11.1 Å². The fourth-order valence-corrected chi connectivity index (χ4v) is 2.44. The van der Waals surface area contributed by atoms with Crippen molar-refractivity contribution in [2.75, 3.05) is 12.4 Å². The van der Waals surface area contributed by atoms with Crippen LogP contribution in [0.5, 0.6) is 11.5 Å². The number of amides is 1. The first-order valence-corrected chi connectivity index (χ1v) is 8.69. The average Bonchev–Trinajstić information content (AvgIpc) is 2.63. The van der Waals surface area contributed by atoms with Crippen molar-refractivity contribution >= 4 is 17.7 Å². The molecule has 0 saturated carbocycles. The molecule has 0 atom stereocenters. The van der Waals surface area contributed by atoms with Crippen molar-refractivity contribution in [1.29, 1.82) is 5.26 Å². The number of rotatable bonds is 6. The van der Waals surface area contributed by atoms with Crippen molar-refractivity contribution in [2.45, 2.75) is 33.8 Å². The van der Waals surface area contributed by atoms with E-state index in [0.29, 0.717) is 22.7 Å². The van der Waals surface area contributed by atoms with Crippen LogP contribution >= 0.6 is 0 Å². The summed E-state index contributed by atoms with van der Waals surface area (Å²) in [4.78, 5) is 12.5. The molecule has 5 nitrogen and oxygen atoms in total. The maximum absolute atomic E-state index is 12.5. The van der Waals surface area contributed by atoms with Gasteiger partial charge in [0.1, 0.15) is 23.1 Å². The molecule has 0 spiro atoms. The zero-order valence-electron chi connectivity index (χ0n) is 16.3. The molecule has 27 heavy (non-hydrogen) atoms. The van der Waals surface area contributed by atoms with Crippen LogP contribution in [0.3, 0.4) is 0 Å². The Balaban J connectivity index is 2.32. The van der Waals surface area contributed by atoms with Gasteiger partial charge in [-0.1, -0.05) is 6.07 Å². The number of aryl methyl sites for hydroxylation is 2. The van der Waals surface area contributed by atoms with Crippen LogP contribution in [0.1, 0.15) is 30.5 Å². The van der Waals surface area contributed by atoms with Gasteiger partial charge in [0.05, 0.1) is 13.2 Å². The molecule has 2 rings (SSSR count). The second-order valence-corrected chi connectivity index (χ2v) is 6.49. The van der Waals surface area contributed by atoms with Crippen molar-refractivity contribution in [3.63, 3.8) is 0 Å². The maximum atomic E-state index is 12.5. The van der Waals surface area contributed by atoms with Crippen LogP contribution in [0.2, 0.25) is 0 Å². The average molecular weight is 364 g/mol. The van der Waals surface area contributed by atoms with Gasteiger partial charge in [-0.2, -0.15) is 5.26 Å². The maximum Gasteiger partial charge on any atom is 0.266 e. The molecular formula is C22H24N2O3. The van der Waals surface area contributed by atoms with Crippen molar-refractivity contribution in [3.8, 4) is 17.6 Å². The summed E-state index contributed by atoms with van der Waals surface area (Å²) < 4.78 is 11.0. The number of benzene rings is 2. The number of nitrogens with one attached hydrogen (secondary N) is 1. The Morgan fingerprint density at radius 3 is 2.48 bits per heavy atom. The molecule has 0 radical (unpaired) electrons. The highest BCUT2D eigenvalue weighted by Crippen LogP contribution is 2.28. The third-order valence-corrected chi connectivity index (χ3v) is 4.01. The summed E-state index contributed by atoms with van der Waals surface area (Å²) in [6.45, 7) is 7.79. The molecule has 1 amide bonds. The molecule has 0 aliphatic heterocycles. The number of methoxy groups -OCH3 is 1. The van der Waals surface area contributed by atoms with Crippen molar-refractivity contribution < 1.29 is 14.3 Å². The van der Waals surface area contributed by atoms with Gasteiger partial charge in [-0.25, -0.2) is 0 Å². The predicted molar refractivity (Wildman–Crippen MR) is 107 cm³/mol. The van der Waals surface area contributed by atoms with Crippen LogP contribution in [0.15, 0.2) is 42.0 Å². The van der Waals surface area contributed by atoms with Crippen LogP contribution in [0, 0.1) is 25.2 Å². The summed E-state index contributed by atoms with van der Waals surface area (Å²) in [6.07, 6.45) is 1.47. The first-order valence-electron chi connectivity index (χ1n) is 8.69. The largest absolute Gasteiger partial charge is 0.497 e. The Kier molecular flexibility index (Phi) is 6.62. The molecule has 0 unspecified atom stereocenters. The number of hydrogen-bond acceptors (Lipinski definition) is 4. The third kappa shape index (κ3) is 5.35. The summed E-state index contributed by atoms with van der Waals surface area (Å²) in [7, 11) is 1.57. The van der Waals surface area contributed by atoms with E-state index < -0.39 is 5.91 Å². The number of carbonyl (C=O) groups is 1. The minimum absolute atomic E-state index is 0.00741. The van der Waals surface area contributed by atoms with E-state index in [-0.39, 0.29) is 11.7 Å². The molecule has 140 valence electrons. The second kappa shape index (κ2) is 8.91. The molecule has 0 aliphatic rings. The van der Waals surface area contributed by atoms with Crippen molar-refractivity contribution in [2.24, 2.45) is 0 Å². The molecule has 2 aromatic carbocycles. The highest BCUT2D eigenvalue weighted by atomic mass is 16.5. The van der Waals surface area contributed by atoms with Gasteiger partial charge in [0.2, 0.25) is 0 Å². The number of anilines is 1. The van der Waals surface area contributed by atoms with Crippen molar-refractivity contribution in [1.82, 2.24) is 0 Å². The second-order valence-electron chi connectivity index (χ2n) is 6.49. The lowest BCUT2D eigenvalue weighted by Gasteiger charge is -2.14. The molecule has 5 heteroatoms. The molecule has 1 N–H and O–H groups in total. The third-order valence-electron chi connectivity index (χ3n) is 4.01. The zero-order chi connectivity index (χ0) is 20.0. The Bertz CT molecular complexity index is 908. The fourth-order valence-electron chi connectivity index (χ4n) is 2.44. The molecule has 0 fully saturated rings. The first-order chi connectivity index (χ1) is 12.8. The van der Waals surface area contributed by atoms with E-state index in [2.05, 4.69) is 5.32 Å². The lowest BCUT2D eigenvalue weighted by atomic mass is 10.1. The molecule has 0 aliphatic carbocycles. The van der Waals surface area contributed by atoms with Crippen molar-refractivity contribution in [3.05, 3.63) is 58.7 Å². The zero-order valence-corrected chi connectivity index (χ0v) is 16.3. The van der Waals surface area contributed by atoms with Crippen LogP contribution in [-0.2, 0) is 4.79 Å². The molecule has 0 heterocycles. The lowest BCUT2D eigenvalue weighted by molar-refractivity contribution is -0.112. The van der Waals surface area contributed by atoms with E-state index in [4.69, 9.17) is 9.47 Å². The minimum Gasteiger partial charge on any atom is -0.497 e. The van der Waals surface area contributed by atoms with Crippen LogP contribution < -0.4 is 14.8 Å². The van der Waals surface area contributed by atoms with Crippen LogP contribution in [-0.4, -0.2) is 19.1 Å². The van der Waals surface area contributed by atoms with Gasteiger partial charge in [-0.3, -0.25) is 4.79 Å². The van der Waals surface area contributed by atoms with Gasteiger partial charge in [0.25, 0.3) is 5.91 Å². The summed E-state index contributed by atoms with van der Waals surface area (Å²) in [5.41, 5.74) is 3.48. The number of carbonyl (C=O) groups excluding carboxylic acids is 1. The number of nitriles is 1. The monoisotopic (exact) mass is 364 g/mol. The number of ether oxygens (including phenoxy) is 2. The lowest BCUT2D eigenvalue weighted by Crippen LogP contribution is -2.14. The normalized spacial score (nSPS) is 11.1. The highest BCUT2D eigenvalue weighted by molar-refractivity contribution is 6.09. The fraction of sp³-hybridized carbons (Fsp3) is 0.273. The standard InChI is InChI=1S/C22H24N2O3/c1-14(2)27-21-12-20(26-5)9-7-17(21)11-18(13-23)22(25)24-19-8-6-15(3)16(4)10-19/h6-12,14H,1-5H3,(H,24,25)/b18-11+. The number of nitrogens with zero attached hydrogens (tertiary/aromatic N) is 1. The Labute approximate surface area is 160 Å². The van der Waals surface area contributed by atoms with Crippen LogP contribution in [0.25, 0.3) is 6.08 Å². The summed E-state index contributed by atoms with van der Waals surface area (Å²) in [6, 6.07) is 12.8.